The van der Waals surface area contributed by atoms with Gasteiger partial charge in [-0.15, -0.1) is 0 Å². The number of hydrogen-bond donors (Lipinski definition) is 3. The van der Waals surface area contributed by atoms with E-state index >= 15 is 0 Å². The normalized spacial score (nSPS) is 12.6. The fourth-order valence-corrected chi connectivity index (χ4v) is 11.1. The predicted octanol–water partition coefficient (Wildman–Crippen LogP) is 22.5. The lowest BCUT2D eigenvalue weighted by Gasteiger charge is -2.22. The van der Waals surface area contributed by atoms with Crippen molar-refractivity contribution in [1.82, 2.24) is 5.32 Å². The van der Waals surface area contributed by atoms with Crippen LogP contribution in [0.1, 0.15) is 393 Å². The van der Waals surface area contributed by atoms with E-state index in [0.29, 0.717) is 25.9 Å². The van der Waals surface area contributed by atoms with Crippen molar-refractivity contribution in [3.63, 3.8) is 0 Å². The Hall–Kier alpha value is -1.66. The first-order valence-electron chi connectivity index (χ1n) is 35.1. The van der Waals surface area contributed by atoms with Crippen LogP contribution in [0.3, 0.4) is 0 Å². The Balaban J connectivity index is 3.31. The van der Waals surface area contributed by atoms with Gasteiger partial charge in [-0.25, -0.2) is 0 Å². The van der Waals surface area contributed by atoms with E-state index < -0.39 is 12.1 Å². The Morgan fingerprint density at radius 2 is 0.649 bits per heavy atom. The molecule has 0 radical (unpaired) electrons. The number of allylic oxidation sites excluding steroid dienone is 4. The van der Waals surface area contributed by atoms with Crippen molar-refractivity contribution in [2.24, 2.45) is 0 Å². The minimum atomic E-state index is -0.660. The Kier molecular flexibility index (Phi) is 65.4. The maximum atomic E-state index is 12.5. The van der Waals surface area contributed by atoms with Crippen LogP contribution < -0.4 is 5.32 Å². The zero-order valence-corrected chi connectivity index (χ0v) is 52.2. The van der Waals surface area contributed by atoms with Crippen LogP contribution in [0.15, 0.2) is 24.3 Å². The Bertz CT molecular complexity index is 1200. The molecule has 0 rings (SSSR count). The molecule has 0 aromatic carbocycles. The van der Waals surface area contributed by atoms with E-state index in [1.54, 1.807) is 0 Å². The van der Waals surface area contributed by atoms with E-state index in [1.807, 2.05) is 0 Å². The van der Waals surface area contributed by atoms with E-state index in [9.17, 15) is 19.8 Å². The second-order valence-electron chi connectivity index (χ2n) is 24.2. The topological polar surface area (TPSA) is 95.9 Å². The van der Waals surface area contributed by atoms with Crippen molar-refractivity contribution in [3.8, 4) is 0 Å². The number of aliphatic hydroxyl groups excluding tert-OH is 2. The van der Waals surface area contributed by atoms with E-state index in [1.165, 1.54) is 308 Å². The molecule has 6 heteroatoms. The lowest BCUT2D eigenvalue weighted by Crippen LogP contribution is -2.45. The minimum Gasteiger partial charge on any atom is -0.466 e. The average molecular weight is 1080 g/mol. The number of hydrogen-bond acceptors (Lipinski definition) is 5. The summed E-state index contributed by atoms with van der Waals surface area (Å²) in [5.74, 6) is -0.0163. The van der Waals surface area contributed by atoms with Crippen molar-refractivity contribution in [2.75, 3.05) is 13.2 Å². The lowest BCUT2D eigenvalue weighted by molar-refractivity contribution is -0.143. The van der Waals surface area contributed by atoms with Crippen LogP contribution in [0.4, 0.5) is 0 Å². The molecule has 0 aliphatic heterocycles. The van der Waals surface area contributed by atoms with Gasteiger partial charge in [0.05, 0.1) is 25.4 Å². The molecule has 2 unspecified atom stereocenters. The predicted molar refractivity (Wildman–Crippen MR) is 338 cm³/mol. The number of carbonyl (C=O) groups is 2. The van der Waals surface area contributed by atoms with E-state index in [-0.39, 0.29) is 18.5 Å². The van der Waals surface area contributed by atoms with Crippen LogP contribution in [-0.2, 0) is 14.3 Å². The van der Waals surface area contributed by atoms with Crippen LogP contribution >= 0.6 is 0 Å². The monoisotopic (exact) mass is 1080 g/mol. The van der Waals surface area contributed by atoms with Crippen molar-refractivity contribution in [3.05, 3.63) is 24.3 Å². The van der Waals surface area contributed by atoms with Crippen LogP contribution in [0.5, 0.6) is 0 Å². The third-order valence-electron chi connectivity index (χ3n) is 16.5. The van der Waals surface area contributed by atoms with Crippen molar-refractivity contribution in [1.29, 1.82) is 0 Å². The van der Waals surface area contributed by atoms with Gasteiger partial charge in [-0.1, -0.05) is 346 Å². The number of rotatable bonds is 66. The quantitative estimate of drug-likeness (QED) is 0.0320. The van der Waals surface area contributed by atoms with Gasteiger partial charge in [0, 0.05) is 12.8 Å². The molecular weight excluding hydrogens is 947 g/mol. The molecule has 77 heavy (non-hydrogen) atoms. The van der Waals surface area contributed by atoms with Crippen LogP contribution in [0.2, 0.25) is 0 Å². The second-order valence-corrected chi connectivity index (χ2v) is 24.2. The summed E-state index contributed by atoms with van der Waals surface area (Å²) < 4.78 is 5.50. The molecule has 456 valence electrons. The van der Waals surface area contributed by atoms with Gasteiger partial charge in [0.15, 0.2) is 0 Å². The van der Waals surface area contributed by atoms with Gasteiger partial charge in [-0.05, 0) is 57.8 Å². The number of amides is 1. The smallest absolute Gasteiger partial charge is 0.305 e. The molecule has 0 saturated heterocycles. The molecule has 0 heterocycles. The van der Waals surface area contributed by atoms with Crippen molar-refractivity contribution < 1.29 is 24.5 Å². The SMILES string of the molecule is CCCCCC/C=C\C/C=C\CCCCCCCCCC(=O)OCCCCCCCCCCCCCCCCCCCCCCCCCCCCCCCCC(=O)NC(CO)C(O)CCCCCCCCCCCCCC. The van der Waals surface area contributed by atoms with Crippen LogP contribution in [-0.4, -0.2) is 47.4 Å². The Morgan fingerprint density at radius 1 is 0.364 bits per heavy atom. The number of carbonyl (C=O) groups excluding carboxylic acids is 2. The summed E-state index contributed by atoms with van der Waals surface area (Å²) in [6.07, 6.45) is 83.8. The van der Waals surface area contributed by atoms with Crippen molar-refractivity contribution in [2.45, 2.75) is 405 Å². The maximum absolute atomic E-state index is 12.5. The average Bonchev–Trinajstić information content (AvgIpc) is 3.43. The molecule has 1 amide bonds. The summed E-state index contributed by atoms with van der Waals surface area (Å²) in [5, 5.41) is 23.3. The number of unbranched alkanes of at least 4 members (excludes halogenated alkanes) is 51. The lowest BCUT2D eigenvalue weighted by atomic mass is 10.0. The molecule has 3 N–H and O–H groups in total. The van der Waals surface area contributed by atoms with Gasteiger partial charge in [-0.3, -0.25) is 9.59 Å². The van der Waals surface area contributed by atoms with Crippen molar-refractivity contribution >= 4 is 11.9 Å². The second kappa shape index (κ2) is 66.8. The summed E-state index contributed by atoms with van der Waals surface area (Å²) in [6.45, 7) is 4.96. The summed E-state index contributed by atoms with van der Waals surface area (Å²) in [4.78, 5) is 24.6. The van der Waals surface area contributed by atoms with E-state index in [2.05, 4.69) is 43.5 Å². The summed E-state index contributed by atoms with van der Waals surface area (Å²) in [7, 11) is 0. The Morgan fingerprint density at radius 3 is 1.00 bits per heavy atom. The van der Waals surface area contributed by atoms with Gasteiger partial charge in [0.1, 0.15) is 0 Å². The summed E-state index contributed by atoms with van der Waals surface area (Å²) in [6, 6.07) is -0.537. The zero-order valence-electron chi connectivity index (χ0n) is 52.2. The fraction of sp³-hybridized carbons (Fsp3) is 0.915. The molecule has 0 aromatic heterocycles. The first-order chi connectivity index (χ1) is 38.0. The van der Waals surface area contributed by atoms with Gasteiger partial charge in [0.25, 0.3) is 0 Å². The van der Waals surface area contributed by atoms with Gasteiger partial charge >= 0.3 is 5.97 Å². The van der Waals surface area contributed by atoms with E-state index in [4.69, 9.17) is 4.74 Å². The molecule has 0 aliphatic carbocycles. The fourth-order valence-electron chi connectivity index (χ4n) is 11.1. The molecular formula is C71H137NO5. The standard InChI is InChI=1S/C71H137NO5/c1-3-5-7-9-11-13-15-17-18-19-35-38-41-45-49-53-57-61-65-71(76)77-66-62-58-54-50-46-42-39-36-33-31-29-27-25-23-21-20-22-24-26-28-30-32-34-37-40-44-48-52-56-60-64-70(75)72-68(67-73)69(74)63-59-55-51-47-43-16-14-12-10-8-6-4-2/h13,15,18-19,68-69,73-74H,3-12,14,16-17,20-67H2,1-2H3,(H,72,75)/b15-13-,19-18-. The zero-order chi connectivity index (χ0) is 55.7. The van der Waals surface area contributed by atoms with Gasteiger partial charge < -0.3 is 20.3 Å². The highest BCUT2D eigenvalue weighted by Gasteiger charge is 2.20. The molecule has 0 aromatic rings. The third kappa shape index (κ3) is 63.4. The molecule has 0 fully saturated rings. The van der Waals surface area contributed by atoms with Crippen LogP contribution in [0.25, 0.3) is 0 Å². The largest absolute Gasteiger partial charge is 0.466 e. The first-order valence-corrected chi connectivity index (χ1v) is 35.1. The molecule has 0 saturated carbocycles. The maximum Gasteiger partial charge on any atom is 0.305 e. The molecule has 0 aliphatic rings. The van der Waals surface area contributed by atoms with Gasteiger partial charge in [-0.2, -0.15) is 0 Å². The van der Waals surface area contributed by atoms with E-state index in [0.717, 1.165) is 51.4 Å². The first kappa shape index (κ1) is 75.3. The van der Waals surface area contributed by atoms with Gasteiger partial charge in [0.2, 0.25) is 5.91 Å². The van der Waals surface area contributed by atoms with Crippen LogP contribution in [0, 0.1) is 0 Å². The highest BCUT2D eigenvalue weighted by Crippen LogP contribution is 2.19. The summed E-state index contributed by atoms with van der Waals surface area (Å²) in [5.41, 5.74) is 0. The number of aliphatic hydroxyl groups is 2. The highest BCUT2D eigenvalue weighted by atomic mass is 16.5. The summed E-state index contributed by atoms with van der Waals surface area (Å²) >= 11 is 0. The third-order valence-corrected chi connectivity index (χ3v) is 16.5. The molecule has 6 nitrogen and oxygen atoms in total. The molecule has 2 atom stereocenters. The Labute approximate surface area is 481 Å². The number of esters is 1. The molecule has 0 spiro atoms. The number of nitrogens with one attached hydrogen (secondary N) is 1. The molecule has 0 bridgehead atoms. The minimum absolute atomic E-state index is 0.0133. The number of ether oxygens (including phenoxy) is 1. The highest BCUT2D eigenvalue weighted by molar-refractivity contribution is 5.76.